The van der Waals surface area contributed by atoms with Gasteiger partial charge in [-0.3, -0.25) is 0 Å². The van der Waals surface area contributed by atoms with Gasteiger partial charge >= 0.3 is 0 Å². The Kier molecular flexibility index (Phi) is 5.06. The van der Waals surface area contributed by atoms with Crippen LogP contribution >= 0.6 is 0 Å². The second-order valence-corrected chi connectivity index (χ2v) is 7.48. The molecule has 0 aliphatic heterocycles. The third-order valence-corrected chi connectivity index (χ3v) is 5.66. The van der Waals surface area contributed by atoms with Gasteiger partial charge in [-0.05, 0) is 31.5 Å². The highest BCUT2D eigenvalue weighted by atomic mass is 32.2. The van der Waals surface area contributed by atoms with Crippen LogP contribution in [0.1, 0.15) is 25.5 Å². The van der Waals surface area contributed by atoms with E-state index in [4.69, 9.17) is 4.74 Å². The highest BCUT2D eigenvalue weighted by Crippen LogP contribution is 2.31. The van der Waals surface area contributed by atoms with Crippen molar-refractivity contribution in [1.82, 2.24) is 4.72 Å². The van der Waals surface area contributed by atoms with E-state index in [2.05, 4.69) is 4.72 Å². The molecule has 3 aromatic rings. The third kappa shape index (κ3) is 3.67. The summed E-state index contributed by atoms with van der Waals surface area (Å²) in [7, 11) is -3.67. The molecule has 0 radical (unpaired) electrons. The Hall–Kier alpha value is -2.37. The van der Waals surface area contributed by atoms with E-state index in [1.54, 1.807) is 18.2 Å². The van der Waals surface area contributed by atoms with E-state index in [1.807, 2.05) is 62.4 Å². The van der Waals surface area contributed by atoms with Crippen LogP contribution in [0.4, 0.5) is 0 Å². The molecule has 0 aliphatic rings. The summed E-state index contributed by atoms with van der Waals surface area (Å²) in [6, 6.07) is 19.9. The van der Waals surface area contributed by atoms with Crippen LogP contribution in [-0.2, 0) is 10.0 Å². The van der Waals surface area contributed by atoms with E-state index in [0.717, 1.165) is 10.9 Å². The molecule has 1 atom stereocenters. The third-order valence-electron chi connectivity index (χ3n) is 4.06. The van der Waals surface area contributed by atoms with Crippen LogP contribution in [0.3, 0.4) is 0 Å². The van der Waals surface area contributed by atoms with Crippen molar-refractivity contribution in [1.29, 1.82) is 0 Å². The Morgan fingerprint density at radius 1 is 0.920 bits per heavy atom. The van der Waals surface area contributed by atoms with E-state index >= 15 is 0 Å². The Balaban J connectivity index is 2.02. The Morgan fingerprint density at radius 2 is 1.56 bits per heavy atom. The first-order chi connectivity index (χ1) is 12.0. The molecule has 0 aliphatic carbocycles. The fraction of sp³-hybridized carbons (Fsp3) is 0.200. The SMILES string of the molecule is CCOc1ccc(S(=O)(=O)N[C@@H](C)c2ccccc2)c2ccccc12. The van der Waals surface area contributed by atoms with E-state index in [9.17, 15) is 8.42 Å². The van der Waals surface area contributed by atoms with E-state index in [1.165, 1.54) is 0 Å². The quantitative estimate of drug-likeness (QED) is 0.718. The van der Waals surface area contributed by atoms with Crippen LogP contribution < -0.4 is 9.46 Å². The van der Waals surface area contributed by atoms with Crippen LogP contribution in [0, 0.1) is 0 Å². The largest absolute Gasteiger partial charge is 0.493 e. The van der Waals surface area contributed by atoms with E-state index < -0.39 is 10.0 Å². The molecule has 0 amide bonds. The van der Waals surface area contributed by atoms with Crippen molar-refractivity contribution in [3.05, 3.63) is 72.3 Å². The predicted octanol–water partition coefficient (Wildman–Crippen LogP) is 4.28. The maximum Gasteiger partial charge on any atom is 0.241 e. The molecule has 0 spiro atoms. The number of rotatable bonds is 6. The average molecular weight is 355 g/mol. The average Bonchev–Trinajstić information content (AvgIpc) is 2.62. The summed E-state index contributed by atoms with van der Waals surface area (Å²) in [6.07, 6.45) is 0. The van der Waals surface area contributed by atoms with E-state index in [-0.39, 0.29) is 10.9 Å². The molecule has 0 fully saturated rings. The summed E-state index contributed by atoms with van der Waals surface area (Å²) in [5, 5.41) is 1.45. The smallest absolute Gasteiger partial charge is 0.241 e. The van der Waals surface area contributed by atoms with Gasteiger partial charge in [-0.15, -0.1) is 0 Å². The fourth-order valence-electron chi connectivity index (χ4n) is 2.87. The van der Waals surface area contributed by atoms with Crippen LogP contribution in [0.15, 0.2) is 71.6 Å². The highest BCUT2D eigenvalue weighted by Gasteiger charge is 2.21. The zero-order valence-corrected chi connectivity index (χ0v) is 15.1. The summed E-state index contributed by atoms with van der Waals surface area (Å²) in [4.78, 5) is 0.259. The molecule has 0 bridgehead atoms. The topological polar surface area (TPSA) is 55.4 Å². The maximum absolute atomic E-state index is 12.9. The number of sulfonamides is 1. The lowest BCUT2D eigenvalue weighted by Gasteiger charge is -2.17. The molecule has 0 aromatic heterocycles. The molecule has 130 valence electrons. The lowest BCUT2D eigenvalue weighted by atomic mass is 10.1. The summed E-state index contributed by atoms with van der Waals surface area (Å²) in [5.74, 6) is 0.688. The molecule has 1 N–H and O–H groups in total. The summed E-state index contributed by atoms with van der Waals surface area (Å²) in [6.45, 7) is 4.27. The van der Waals surface area contributed by atoms with Gasteiger partial charge in [-0.2, -0.15) is 0 Å². The number of ether oxygens (including phenoxy) is 1. The molecular weight excluding hydrogens is 334 g/mol. The molecule has 0 saturated heterocycles. The molecule has 4 nitrogen and oxygen atoms in total. The van der Waals surface area contributed by atoms with Gasteiger partial charge in [-0.25, -0.2) is 13.1 Å². The number of hydrogen-bond donors (Lipinski definition) is 1. The molecular formula is C20H21NO3S. The number of benzene rings is 3. The van der Waals surface area contributed by atoms with Crippen molar-refractivity contribution >= 4 is 20.8 Å². The molecule has 3 aromatic carbocycles. The Bertz CT molecular complexity index is 969. The Morgan fingerprint density at radius 3 is 2.24 bits per heavy atom. The molecule has 0 saturated carbocycles. The predicted molar refractivity (Wildman–Crippen MR) is 100 cm³/mol. The van der Waals surface area contributed by atoms with Gasteiger partial charge in [0, 0.05) is 16.8 Å². The van der Waals surface area contributed by atoms with Gasteiger partial charge in [0.2, 0.25) is 10.0 Å². The normalized spacial score (nSPS) is 12.9. The van der Waals surface area contributed by atoms with Gasteiger partial charge in [0.1, 0.15) is 5.75 Å². The van der Waals surface area contributed by atoms with E-state index in [0.29, 0.717) is 17.7 Å². The molecule has 5 heteroatoms. The first-order valence-corrected chi connectivity index (χ1v) is 9.73. The minimum Gasteiger partial charge on any atom is -0.493 e. The summed E-state index contributed by atoms with van der Waals surface area (Å²) in [5.41, 5.74) is 0.918. The van der Waals surface area contributed by atoms with Gasteiger partial charge in [0.25, 0.3) is 0 Å². The van der Waals surface area contributed by atoms with Crippen LogP contribution in [0.2, 0.25) is 0 Å². The summed E-state index contributed by atoms with van der Waals surface area (Å²) < 4.78 is 34.3. The zero-order valence-electron chi connectivity index (χ0n) is 14.3. The second kappa shape index (κ2) is 7.25. The molecule has 25 heavy (non-hydrogen) atoms. The molecule has 0 unspecified atom stereocenters. The zero-order chi connectivity index (χ0) is 17.9. The van der Waals surface area contributed by atoms with Gasteiger partial charge in [0.15, 0.2) is 0 Å². The lowest BCUT2D eigenvalue weighted by molar-refractivity contribution is 0.344. The second-order valence-electron chi connectivity index (χ2n) is 5.79. The standard InChI is InChI=1S/C20H21NO3S/c1-3-24-19-13-14-20(18-12-8-7-11-17(18)19)25(22,23)21-15(2)16-9-5-4-6-10-16/h4-15,21H,3H2,1-2H3/t15-/m0/s1. The van der Waals surface area contributed by atoms with Crippen molar-refractivity contribution in [2.24, 2.45) is 0 Å². The lowest BCUT2D eigenvalue weighted by Crippen LogP contribution is -2.27. The van der Waals surface area contributed by atoms with Gasteiger partial charge in [0.05, 0.1) is 11.5 Å². The number of nitrogens with one attached hydrogen (secondary N) is 1. The summed E-state index contributed by atoms with van der Waals surface area (Å²) >= 11 is 0. The van der Waals surface area contributed by atoms with Crippen molar-refractivity contribution in [2.45, 2.75) is 24.8 Å². The van der Waals surface area contributed by atoms with Crippen molar-refractivity contribution in [2.75, 3.05) is 6.61 Å². The first-order valence-electron chi connectivity index (χ1n) is 8.24. The molecule has 3 rings (SSSR count). The fourth-order valence-corrected chi connectivity index (χ4v) is 4.31. The van der Waals surface area contributed by atoms with Crippen molar-refractivity contribution in [3.63, 3.8) is 0 Å². The van der Waals surface area contributed by atoms with Gasteiger partial charge in [-0.1, -0.05) is 54.6 Å². The first kappa shape index (κ1) is 17.5. The van der Waals surface area contributed by atoms with Crippen LogP contribution in [0.5, 0.6) is 5.75 Å². The van der Waals surface area contributed by atoms with Crippen LogP contribution in [0.25, 0.3) is 10.8 Å². The number of fused-ring (bicyclic) bond motifs is 1. The monoisotopic (exact) mass is 355 g/mol. The number of hydrogen-bond acceptors (Lipinski definition) is 3. The Labute approximate surface area is 148 Å². The minimum atomic E-state index is -3.67. The van der Waals surface area contributed by atoms with Crippen molar-refractivity contribution in [3.8, 4) is 5.75 Å². The van der Waals surface area contributed by atoms with Gasteiger partial charge < -0.3 is 4.74 Å². The minimum absolute atomic E-state index is 0.259. The highest BCUT2D eigenvalue weighted by molar-refractivity contribution is 7.89. The van der Waals surface area contributed by atoms with Crippen LogP contribution in [-0.4, -0.2) is 15.0 Å². The van der Waals surface area contributed by atoms with Crippen molar-refractivity contribution < 1.29 is 13.2 Å². The molecule has 0 heterocycles. The maximum atomic E-state index is 12.9.